The largest absolute Gasteiger partial charge is 0.297 e. The Labute approximate surface area is 55.4 Å². The molecule has 9 heavy (non-hydrogen) atoms. The van der Waals surface area contributed by atoms with Crippen LogP contribution in [0.1, 0.15) is 13.8 Å². The highest BCUT2D eigenvalue weighted by Gasteiger charge is 2.16. The number of rotatable bonds is 3. The van der Waals surface area contributed by atoms with Crippen LogP contribution in [0.5, 0.6) is 0 Å². The molecule has 2 nitrogen and oxygen atoms in total. The molecule has 0 aromatic heterocycles. The van der Waals surface area contributed by atoms with E-state index in [1.807, 2.05) is 0 Å². The lowest BCUT2D eigenvalue weighted by molar-refractivity contribution is 0.147. The van der Waals surface area contributed by atoms with Crippen molar-refractivity contribution in [1.82, 2.24) is 5.01 Å². The molecule has 0 saturated heterocycles. The molecule has 0 unspecified atom stereocenters. The first-order chi connectivity index (χ1) is 3.95. The van der Waals surface area contributed by atoms with Crippen LogP contribution in [0.25, 0.3) is 0 Å². The van der Waals surface area contributed by atoms with E-state index < -0.39 is 5.67 Å². The fraction of sp³-hybridized carbons (Fsp3) is 0.833. The summed E-state index contributed by atoms with van der Waals surface area (Å²) in [6.07, 6.45) is 0. The predicted octanol–water partition coefficient (Wildman–Crippen LogP) is 1.28. The minimum absolute atomic E-state index is 0.288. The summed E-state index contributed by atoms with van der Waals surface area (Å²) in [5.74, 6) is 0. The zero-order valence-electron chi connectivity index (χ0n) is 6.19. The summed E-state index contributed by atoms with van der Waals surface area (Å²) >= 11 is 0. The van der Waals surface area contributed by atoms with E-state index in [0.29, 0.717) is 0 Å². The van der Waals surface area contributed by atoms with E-state index in [-0.39, 0.29) is 6.54 Å². The van der Waals surface area contributed by atoms with Gasteiger partial charge in [-0.3, -0.25) is 5.01 Å². The highest BCUT2D eigenvalue weighted by atomic mass is 19.1. The van der Waals surface area contributed by atoms with Crippen molar-refractivity contribution in [3.8, 4) is 0 Å². The summed E-state index contributed by atoms with van der Waals surface area (Å²) in [5, 5.41) is 4.99. The summed E-state index contributed by atoms with van der Waals surface area (Å²) in [6, 6.07) is 0. The molecule has 0 fully saturated rings. The number of halogens is 1. The highest BCUT2D eigenvalue weighted by molar-refractivity contribution is 5.22. The van der Waals surface area contributed by atoms with Gasteiger partial charge in [0, 0.05) is 13.8 Å². The predicted molar refractivity (Wildman–Crippen MR) is 37.4 cm³/mol. The van der Waals surface area contributed by atoms with Gasteiger partial charge in [0.2, 0.25) is 0 Å². The van der Waals surface area contributed by atoms with Gasteiger partial charge in [-0.25, -0.2) is 4.39 Å². The quantitative estimate of drug-likeness (QED) is 0.417. The van der Waals surface area contributed by atoms with E-state index in [9.17, 15) is 4.39 Å². The molecule has 0 saturated carbocycles. The van der Waals surface area contributed by atoms with E-state index in [1.165, 1.54) is 18.9 Å². The van der Waals surface area contributed by atoms with Crippen molar-refractivity contribution in [2.45, 2.75) is 19.5 Å². The van der Waals surface area contributed by atoms with Gasteiger partial charge in [0.1, 0.15) is 5.67 Å². The second kappa shape index (κ2) is 2.80. The third kappa shape index (κ3) is 5.27. The third-order valence-corrected chi connectivity index (χ3v) is 0.846. The maximum atomic E-state index is 12.7. The summed E-state index contributed by atoms with van der Waals surface area (Å²) in [4.78, 5) is 0. The van der Waals surface area contributed by atoms with E-state index in [1.54, 1.807) is 7.05 Å². The van der Waals surface area contributed by atoms with Crippen molar-refractivity contribution in [3.63, 3.8) is 0 Å². The molecule has 0 heterocycles. The minimum Gasteiger partial charge on any atom is -0.297 e. The van der Waals surface area contributed by atoms with Crippen LogP contribution in [0.4, 0.5) is 4.39 Å². The fourth-order valence-electron chi connectivity index (χ4n) is 0.594. The Morgan fingerprint density at radius 1 is 1.67 bits per heavy atom. The summed E-state index contributed by atoms with van der Waals surface area (Å²) < 4.78 is 12.7. The molecule has 0 amide bonds. The molecular formula is C6H13FN2. The molecule has 0 aromatic rings. The van der Waals surface area contributed by atoms with Gasteiger partial charge in [0.05, 0.1) is 6.54 Å². The Bertz CT molecular complexity index is 95.7. The van der Waals surface area contributed by atoms with E-state index in [2.05, 4.69) is 11.8 Å². The first-order valence-electron chi connectivity index (χ1n) is 2.82. The molecule has 0 N–H and O–H groups in total. The van der Waals surface area contributed by atoms with Gasteiger partial charge in [-0.2, -0.15) is 5.10 Å². The van der Waals surface area contributed by atoms with Crippen molar-refractivity contribution >= 4 is 6.72 Å². The molecular weight excluding hydrogens is 119 g/mol. The second-order valence-corrected chi connectivity index (χ2v) is 2.68. The lowest BCUT2D eigenvalue weighted by atomic mass is 10.2. The molecule has 54 valence electrons. The van der Waals surface area contributed by atoms with Crippen LogP contribution in [-0.4, -0.2) is 31.0 Å². The zero-order valence-corrected chi connectivity index (χ0v) is 6.19. The van der Waals surface area contributed by atoms with Gasteiger partial charge < -0.3 is 0 Å². The second-order valence-electron chi connectivity index (χ2n) is 2.68. The number of alkyl halides is 1. The molecule has 0 aliphatic heterocycles. The normalized spacial score (nSPS) is 11.1. The molecule has 0 aromatic carbocycles. The SMILES string of the molecule is C=NN(C)CC(C)(C)F. The number of nitrogens with zero attached hydrogens (tertiary/aromatic N) is 2. The third-order valence-electron chi connectivity index (χ3n) is 0.846. The van der Waals surface area contributed by atoms with Crippen LogP contribution in [0.15, 0.2) is 5.10 Å². The van der Waals surface area contributed by atoms with E-state index >= 15 is 0 Å². The van der Waals surface area contributed by atoms with Crippen LogP contribution in [0.3, 0.4) is 0 Å². The van der Waals surface area contributed by atoms with Crippen molar-refractivity contribution in [1.29, 1.82) is 0 Å². The molecule has 0 rings (SSSR count). The molecule has 0 aliphatic rings. The Hall–Kier alpha value is -0.600. The van der Waals surface area contributed by atoms with Crippen LogP contribution in [-0.2, 0) is 0 Å². The van der Waals surface area contributed by atoms with Gasteiger partial charge in [0.15, 0.2) is 0 Å². The highest BCUT2D eigenvalue weighted by Crippen LogP contribution is 2.08. The Morgan fingerprint density at radius 3 is 2.22 bits per heavy atom. The standard InChI is InChI=1S/C6H13FN2/c1-6(2,7)5-9(4)8-3/h3,5H2,1-2,4H3. The van der Waals surface area contributed by atoms with Gasteiger partial charge in [-0.15, -0.1) is 0 Å². The van der Waals surface area contributed by atoms with Gasteiger partial charge in [-0.1, -0.05) is 0 Å². The molecule has 0 bridgehead atoms. The Balaban J connectivity index is 3.59. The number of hydrogen-bond acceptors (Lipinski definition) is 2. The van der Waals surface area contributed by atoms with E-state index in [4.69, 9.17) is 0 Å². The lowest BCUT2D eigenvalue weighted by Crippen LogP contribution is -2.29. The first kappa shape index (κ1) is 8.40. The average molecular weight is 132 g/mol. The van der Waals surface area contributed by atoms with Crippen molar-refractivity contribution < 1.29 is 4.39 Å². The van der Waals surface area contributed by atoms with Crippen LogP contribution in [0.2, 0.25) is 0 Å². The number of hydrogen-bond donors (Lipinski definition) is 0. The Kier molecular flexibility index (Phi) is 2.62. The smallest absolute Gasteiger partial charge is 0.124 e. The molecule has 0 aliphatic carbocycles. The number of hydrazone groups is 1. The van der Waals surface area contributed by atoms with Gasteiger partial charge >= 0.3 is 0 Å². The van der Waals surface area contributed by atoms with Crippen LogP contribution >= 0.6 is 0 Å². The van der Waals surface area contributed by atoms with Gasteiger partial charge in [0.25, 0.3) is 0 Å². The summed E-state index contributed by atoms with van der Waals surface area (Å²) in [7, 11) is 1.69. The van der Waals surface area contributed by atoms with Crippen LogP contribution < -0.4 is 0 Å². The van der Waals surface area contributed by atoms with Crippen molar-refractivity contribution in [3.05, 3.63) is 0 Å². The lowest BCUT2D eigenvalue weighted by Gasteiger charge is -2.19. The topological polar surface area (TPSA) is 15.6 Å². The fourth-order valence-corrected chi connectivity index (χ4v) is 0.594. The minimum atomic E-state index is -1.18. The molecule has 3 heteroatoms. The molecule has 0 atom stereocenters. The summed E-state index contributed by atoms with van der Waals surface area (Å²) in [6.45, 7) is 6.56. The van der Waals surface area contributed by atoms with Crippen molar-refractivity contribution in [2.24, 2.45) is 5.10 Å². The summed E-state index contributed by atoms with van der Waals surface area (Å²) in [5.41, 5.74) is -1.18. The maximum absolute atomic E-state index is 12.7. The average Bonchev–Trinajstić information content (AvgIpc) is 1.62. The zero-order chi connectivity index (χ0) is 7.49. The maximum Gasteiger partial charge on any atom is 0.124 e. The van der Waals surface area contributed by atoms with Gasteiger partial charge in [-0.05, 0) is 13.8 Å². The van der Waals surface area contributed by atoms with Crippen molar-refractivity contribution in [2.75, 3.05) is 13.6 Å². The van der Waals surface area contributed by atoms with Crippen LogP contribution in [0, 0.1) is 0 Å². The Morgan fingerprint density at radius 2 is 2.11 bits per heavy atom. The molecule has 0 spiro atoms. The van der Waals surface area contributed by atoms with E-state index in [0.717, 1.165) is 0 Å². The monoisotopic (exact) mass is 132 g/mol. The first-order valence-corrected chi connectivity index (χ1v) is 2.82. The molecule has 0 radical (unpaired) electrons.